The number of ether oxygens (including phenoxy) is 2. The van der Waals surface area contributed by atoms with Gasteiger partial charge in [-0.2, -0.15) is 13.2 Å². The molecule has 1 unspecified atom stereocenters. The number of alkyl halides is 3. The van der Waals surface area contributed by atoms with Gasteiger partial charge in [0.1, 0.15) is 0 Å². The predicted molar refractivity (Wildman–Crippen MR) is 137 cm³/mol. The van der Waals surface area contributed by atoms with E-state index in [1.807, 2.05) is 12.1 Å². The van der Waals surface area contributed by atoms with E-state index in [9.17, 15) is 22.8 Å². The Labute approximate surface area is 214 Å². The highest BCUT2D eigenvalue weighted by atomic mass is 19.4. The van der Waals surface area contributed by atoms with Gasteiger partial charge < -0.3 is 14.8 Å². The van der Waals surface area contributed by atoms with Crippen LogP contribution in [0.4, 0.5) is 18.9 Å². The molecule has 0 fully saturated rings. The van der Waals surface area contributed by atoms with Crippen molar-refractivity contribution in [2.45, 2.75) is 116 Å². The van der Waals surface area contributed by atoms with Gasteiger partial charge in [-0.25, -0.2) is 9.59 Å². The van der Waals surface area contributed by atoms with Crippen LogP contribution in [0.5, 0.6) is 0 Å². The standard InChI is InChI=1S/C28H44F3NO4/c1-3-25(27(34)35-2)36-26(33)23-17-19-24(20-18-23)32-22-16-14-12-10-8-6-4-5-7-9-11-13-15-21-28(29,30)31/h17-20,25,32H,3-16,21-22H2,1-2H3. The van der Waals surface area contributed by atoms with Gasteiger partial charge in [0, 0.05) is 18.7 Å². The lowest BCUT2D eigenvalue weighted by Gasteiger charge is -2.14. The molecule has 8 heteroatoms. The summed E-state index contributed by atoms with van der Waals surface area (Å²) in [5, 5.41) is 3.36. The number of methoxy groups -OCH3 is 1. The van der Waals surface area contributed by atoms with Crippen LogP contribution in [0.1, 0.15) is 114 Å². The molecule has 1 aromatic carbocycles. The summed E-state index contributed by atoms with van der Waals surface area (Å²) >= 11 is 0. The lowest BCUT2D eigenvalue weighted by atomic mass is 10.0. The van der Waals surface area contributed by atoms with Crippen molar-refractivity contribution < 1.29 is 32.2 Å². The SMILES string of the molecule is CCC(OC(=O)c1ccc(NCCCCCCCCCCCCCCCC(F)(F)F)cc1)C(=O)OC. The number of unbranched alkanes of at least 4 members (excludes halogenated alkanes) is 12. The Morgan fingerprint density at radius 2 is 1.28 bits per heavy atom. The summed E-state index contributed by atoms with van der Waals surface area (Å²) in [6, 6.07) is 7.03. The maximum atomic E-state index is 12.2. The maximum absolute atomic E-state index is 12.2. The molecule has 0 radical (unpaired) electrons. The van der Waals surface area contributed by atoms with Gasteiger partial charge >= 0.3 is 18.1 Å². The molecule has 206 valence electrons. The van der Waals surface area contributed by atoms with Gasteiger partial charge in [0.15, 0.2) is 6.10 Å². The highest BCUT2D eigenvalue weighted by molar-refractivity contribution is 5.91. The molecular weight excluding hydrogens is 471 g/mol. The van der Waals surface area contributed by atoms with E-state index in [2.05, 4.69) is 10.1 Å². The Morgan fingerprint density at radius 3 is 1.72 bits per heavy atom. The Kier molecular flexibility index (Phi) is 16.7. The van der Waals surface area contributed by atoms with Crippen LogP contribution in [0.3, 0.4) is 0 Å². The minimum atomic E-state index is -4.00. The molecule has 0 saturated carbocycles. The van der Waals surface area contributed by atoms with Crippen molar-refractivity contribution in [3.8, 4) is 0 Å². The molecule has 1 N–H and O–H groups in total. The minimum absolute atomic E-state index is 0.265. The number of hydrogen-bond donors (Lipinski definition) is 1. The summed E-state index contributed by atoms with van der Waals surface area (Å²) in [6.07, 6.45) is 8.44. The topological polar surface area (TPSA) is 64.6 Å². The molecule has 36 heavy (non-hydrogen) atoms. The van der Waals surface area contributed by atoms with Gasteiger partial charge in [-0.3, -0.25) is 0 Å². The zero-order valence-corrected chi connectivity index (χ0v) is 22.0. The maximum Gasteiger partial charge on any atom is 0.389 e. The third-order valence-corrected chi connectivity index (χ3v) is 6.17. The number of esters is 2. The molecule has 0 spiro atoms. The molecule has 0 bridgehead atoms. The monoisotopic (exact) mass is 515 g/mol. The molecule has 5 nitrogen and oxygen atoms in total. The Bertz CT molecular complexity index is 723. The van der Waals surface area contributed by atoms with Crippen molar-refractivity contribution >= 4 is 17.6 Å². The summed E-state index contributed by atoms with van der Waals surface area (Å²) in [6.45, 7) is 2.62. The van der Waals surface area contributed by atoms with E-state index in [1.165, 1.54) is 52.1 Å². The van der Waals surface area contributed by atoms with Gasteiger partial charge in [0.05, 0.1) is 12.7 Å². The number of benzene rings is 1. The van der Waals surface area contributed by atoms with E-state index < -0.39 is 30.6 Å². The normalized spacial score (nSPS) is 12.2. The fraction of sp³-hybridized carbons (Fsp3) is 0.714. The fourth-order valence-corrected chi connectivity index (χ4v) is 3.98. The molecule has 1 atom stereocenters. The number of carbonyl (C=O) groups is 2. The lowest BCUT2D eigenvalue weighted by molar-refractivity contribution is -0.151. The highest BCUT2D eigenvalue weighted by Crippen LogP contribution is 2.23. The van der Waals surface area contributed by atoms with E-state index in [0.717, 1.165) is 37.9 Å². The summed E-state index contributed by atoms with van der Waals surface area (Å²) in [4.78, 5) is 23.8. The first-order valence-corrected chi connectivity index (χ1v) is 13.5. The van der Waals surface area contributed by atoms with Gasteiger partial charge in [-0.05, 0) is 43.5 Å². The first kappa shape index (κ1) is 31.8. The molecule has 1 rings (SSSR count). The molecule has 0 amide bonds. The quantitative estimate of drug-likeness (QED) is 0.140. The fourth-order valence-electron chi connectivity index (χ4n) is 3.98. The second-order valence-corrected chi connectivity index (χ2v) is 9.29. The zero-order chi connectivity index (χ0) is 26.7. The first-order valence-electron chi connectivity index (χ1n) is 13.5. The minimum Gasteiger partial charge on any atom is -0.466 e. The molecule has 0 aromatic heterocycles. The summed E-state index contributed by atoms with van der Waals surface area (Å²) in [7, 11) is 1.27. The van der Waals surface area contributed by atoms with E-state index >= 15 is 0 Å². The largest absolute Gasteiger partial charge is 0.466 e. The lowest BCUT2D eigenvalue weighted by Crippen LogP contribution is -2.27. The smallest absolute Gasteiger partial charge is 0.389 e. The van der Waals surface area contributed by atoms with Gasteiger partial charge in [0.25, 0.3) is 0 Å². The van der Waals surface area contributed by atoms with Crippen LogP contribution in [-0.4, -0.2) is 37.9 Å². The summed E-state index contributed by atoms with van der Waals surface area (Å²) in [5.41, 5.74) is 1.33. The zero-order valence-electron chi connectivity index (χ0n) is 22.0. The molecular formula is C28H44F3NO4. The van der Waals surface area contributed by atoms with Crippen LogP contribution in [0, 0.1) is 0 Å². The van der Waals surface area contributed by atoms with E-state index in [4.69, 9.17) is 4.74 Å². The van der Waals surface area contributed by atoms with Crippen LogP contribution in [0.25, 0.3) is 0 Å². The van der Waals surface area contributed by atoms with Gasteiger partial charge in [0.2, 0.25) is 0 Å². The van der Waals surface area contributed by atoms with Crippen molar-refractivity contribution in [2.24, 2.45) is 0 Å². The second kappa shape index (κ2) is 18.9. The van der Waals surface area contributed by atoms with E-state index in [1.54, 1.807) is 19.1 Å². The third-order valence-electron chi connectivity index (χ3n) is 6.17. The van der Waals surface area contributed by atoms with Crippen molar-refractivity contribution in [1.29, 1.82) is 0 Å². The second-order valence-electron chi connectivity index (χ2n) is 9.29. The Balaban J connectivity index is 1.99. The third kappa shape index (κ3) is 15.7. The highest BCUT2D eigenvalue weighted by Gasteiger charge is 2.25. The molecule has 0 heterocycles. The Hall–Kier alpha value is -2.25. The van der Waals surface area contributed by atoms with Gasteiger partial charge in [-0.15, -0.1) is 0 Å². The molecule has 0 aliphatic heterocycles. The van der Waals surface area contributed by atoms with Crippen LogP contribution in [0.2, 0.25) is 0 Å². The van der Waals surface area contributed by atoms with Crippen molar-refractivity contribution in [2.75, 3.05) is 19.0 Å². The average molecular weight is 516 g/mol. The molecule has 0 aliphatic rings. The Morgan fingerprint density at radius 1 is 0.806 bits per heavy atom. The average Bonchev–Trinajstić information content (AvgIpc) is 2.86. The number of halogens is 3. The first-order chi connectivity index (χ1) is 17.3. The molecule has 0 aliphatic carbocycles. The number of hydrogen-bond acceptors (Lipinski definition) is 5. The molecule has 1 aromatic rings. The number of anilines is 1. The predicted octanol–water partition coefficient (Wildman–Crippen LogP) is 8.23. The number of nitrogens with one attached hydrogen (secondary N) is 1. The van der Waals surface area contributed by atoms with Crippen LogP contribution < -0.4 is 5.32 Å². The summed E-state index contributed by atoms with van der Waals surface area (Å²) in [5.74, 6) is -1.10. The van der Waals surface area contributed by atoms with Crippen molar-refractivity contribution in [3.05, 3.63) is 29.8 Å². The van der Waals surface area contributed by atoms with Crippen molar-refractivity contribution in [1.82, 2.24) is 0 Å². The summed E-state index contributed by atoms with van der Waals surface area (Å²) < 4.78 is 46.0. The van der Waals surface area contributed by atoms with E-state index in [0.29, 0.717) is 18.4 Å². The van der Waals surface area contributed by atoms with Crippen LogP contribution in [0.15, 0.2) is 24.3 Å². The number of carbonyl (C=O) groups excluding carboxylic acids is 2. The molecule has 0 saturated heterocycles. The number of rotatable bonds is 20. The van der Waals surface area contributed by atoms with Crippen LogP contribution in [-0.2, 0) is 14.3 Å². The van der Waals surface area contributed by atoms with E-state index in [-0.39, 0.29) is 6.42 Å². The van der Waals surface area contributed by atoms with Crippen LogP contribution >= 0.6 is 0 Å². The van der Waals surface area contributed by atoms with Crippen molar-refractivity contribution in [3.63, 3.8) is 0 Å². The van der Waals surface area contributed by atoms with Gasteiger partial charge in [-0.1, -0.05) is 77.6 Å².